The first-order chi connectivity index (χ1) is 15.4. The Morgan fingerprint density at radius 3 is 2.38 bits per heavy atom. The number of esters is 1. The van der Waals surface area contributed by atoms with Gasteiger partial charge in [0.25, 0.3) is 0 Å². The summed E-state index contributed by atoms with van der Waals surface area (Å²) in [5, 5.41) is 6.76. The number of benzene rings is 2. The first-order valence-corrected chi connectivity index (χ1v) is 11.2. The van der Waals surface area contributed by atoms with Crippen molar-refractivity contribution in [2.75, 3.05) is 19.0 Å². The molecule has 1 amide bonds. The van der Waals surface area contributed by atoms with Crippen LogP contribution in [0.15, 0.2) is 65.9 Å². The number of carbonyl (C=O) groups is 2. The van der Waals surface area contributed by atoms with Gasteiger partial charge in [-0.25, -0.2) is 4.79 Å². The molecule has 0 fully saturated rings. The van der Waals surface area contributed by atoms with E-state index in [4.69, 9.17) is 17.0 Å². The zero-order valence-electron chi connectivity index (χ0n) is 18.8. The fourth-order valence-electron chi connectivity index (χ4n) is 3.80. The molecule has 0 aliphatic carbocycles. The van der Waals surface area contributed by atoms with Crippen molar-refractivity contribution < 1.29 is 14.3 Å². The second kappa shape index (κ2) is 10.4. The summed E-state index contributed by atoms with van der Waals surface area (Å²) in [6, 6.07) is 16.8. The monoisotopic (exact) mass is 451 g/mol. The molecule has 168 valence electrons. The van der Waals surface area contributed by atoms with Crippen molar-refractivity contribution in [1.82, 2.24) is 10.2 Å². The van der Waals surface area contributed by atoms with Crippen LogP contribution in [0.25, 0.3) is 0 Å². The lowest BCUT2D eigenvalue weighted by Gasteiger charge is -2.35. The van der Waals surface area contributed by atoms with Gasteiger partial charge in [0.2, 0.25) is 5.91 Å². The van der Waals surface area contributed by atoms with Crippen LogP contribution in [0.5, 0.6) is 0 Å². The molecule has 0 aromatic heterocycles. The van der Waals surface area contributed by atoms with E-state index >= 15 is 0 Å². The van der Waals surface area contributed by atoms with E-state index in [1.807, 2.05) is 75.5 Å². The lowest BCUT2D eigenvalue weighted by molar-refractivity contribution is -0.139. The van der Waals surface area contributed by atoms with Gasteiger partial charge in [-0.2, -0.15) is 0 Å². The highest BCUT2D eigenvalue weighted by molar-refractivity contribution is 7.80. The van der Waals surface area contributed by atoms with Gasteiger partial charge in [-0.05, 0) is 55.7 Å². The van der Waals surface area contributed by atoms with Crippen LogP contribution in [-0.2, 0) is 14.3 Å². The van der Waals surface area contributed by atoms with Gasteiger partial charge in [0.05, 0.1) is 24.1 Å². The Hall–Kier alpha value is -3.19. The maximum atomic E-state index is 12.9. The largest absolute Gasteiger partial charge is 0.463 e. The molecule has 1 aliphatic rings. The highest BCUT2D eigenvalue weighted by Gasteiger charge is 2.33. The lowest BCUT2D eigenvalue weighted by atomic mass is 9.94. The van der Waals surface area contributed by atoms with Crippen molar-refractivity contribution in [3.8, 4) is 0 Å². The Morgan fingerprint density at radius 2 is 1.78 bits per heavy atom. The van der Waals surface area contributed by atoms with Gasteiger partial charge in [0, 0.05) is 18.4 Å². The molecule has 0 bridgehead atoms. The van der Waals surface area contributed by atoms with Crippen LogP contribution in [0.1, 0.15) is 50.3 Å². The quantitative estimate of drug-likeness (QED) is 0.477. The predicted octanol–water partition coefficient (Wildman–Crippen LogP) is 4.52. The third kappa shape index (κ3) is 4.99. The second-order valence-electron chi connectivity index (χ2n) is 7.64. The standard InChI is InChI=1S/C25H29N3O3S/c1-5-20(17-10-8-7-9-11-17)23(29)26-19-14-12-18(13-15-19)22-21(24(30)31-6-2)16(3)28(4)25(32)27-22/h7-15,20,22H,5-6H2,1-4H3,(H,26,29)(H,27,32). The summed E-state index contributed by atoms with van der Waals surface area (Å²) in [7, 11) is 1.82. The Balaban J connectivity index is 1.81. The molecule has 1 aliphatic heterocycles. The molecule has 2 aromatic rings. The third-order valence-electron chi connectivity index (χ3n) is 5.69. The maximum Gasteiger partial charge on any atom is 0.338 e. The summed E-state index contributed by atoms with van der Waals surface area (Å²) in [4.78, 5) is 27.3. The van der Waals surface area contributed by atoms with Crippen molar-refractivity contribution in [3.05, 3.63) is 77.0 Å². The zero-order chi connectivity index (χ0) is 23.3. The Morgan fingerprint density at radius 1 is 1.12 bits per heavy atom. The maximum absolute atomic E-state index is 12.9. The number of hydrogen-bond donors (Lipinski definition) is 2. The van der Waals surface area contributed by atoms with E-state index in [0.29, 0.717) is 29.4 Å². The molecular formula is C25H29N3O3S. The van der Waals surface area contributed by atoms with E-state index in [2.05, 4.69) is 10.6 Å². The van der Waals surface area contributed by atoms with Crippen LogP contribution in [0.4, 0.5) is 5.69 Å². The molecule has 2 atom stereocenters. The molecule has 3 rings (SSSR count). The van der Waals surface area contributed by atoms with Crippen molar-refractivity contribution >= 4 is 34.9 Å². The molecule has 1 heterocycles. The van der Waals surface area contributed by atoms with E-state index in [1.54, 1.807) is 11.8 Å². The van der Waals surface area contributed by atoms with E-state index in [0.717, 1.165) is 16.8 Å². The van der Waals surface area contributed by atoms with Gasteiger partial charge < -0.3 is 20.3 Å². The number of carbonyl (C=O) groups excluding carboxylic acids is 2. The van der Waals surface area contributed by atoms with E-state index in [-0.39, 0.29) is 17.8 Å². The first kappa shape index (κ1) is 23.5. The van der Waals surface area contributed by atoms with Gasteiger partial charge >= 0.3 is 5.97 Å². The molecule has 0 saturated heterocycles. The van der Waals surface area contributed by atoms with E-state index in [9.17, 15) is 9.59 Å². The fourth-order valence-corrected chi connectivity index (χ4v) is 4.06. The molecule has 2 unspecified atom stereocenters. The number of nitrogens with zero attached hydrogens (tertiary/aromatic N) is 1. The highest BCUT2D eigenvalue weighted by atomic mass is 32.1. The molecule has 32 heavy (non-hydrogen) atoms. The smallest absolute Gasteiger partial charge is 0.338 e. The molecule has 0 spiro atoms. The van der Waals surface area contributed by atoms with Gasteiger partial charge in [-0.1, -0.05) is 49.4 Å². The van der Waals surface area contributed by atoms with Crippen LogP contribution in [0.3, 0.4) is 0 Å². The van der Waals surface area contributed by atoms with Crippen molar-refractivity contribution in [1.29, 1.82) is 0 Å². The van der Waals surface area contributed by atoms with Crippen molar-refractivity contribution in [2.45, 2.75) is 39.2 Å². The summed E-state index contributed by atoms with van der Waals surface area (Å²) in [6.07, 6.45) is 0.706. The Bertz CT molecular complexity index is 1020. The number of allylic oxidation sites excluding steroid dienone is 1. The summed E-state index contributed by atoms with van der Waals surface area (Å²) < 4.78 is 5.28. The molecule has 0 radical (unpaired) electrons. The minimum atomic E-state index is -0.421. The predicted molar refractivity (Wildman–Crippen MR) is 130 cm³/mol. The average molecular weight is 452 g/mol. The van der Waals surface area contributed by atoms with E-state index in [1.165, 1.54) is 0 Å². The van der Waals surface area contributed by atoms with Crippen LogP contribution >= 0.6 is 12.2 Å². The zero-order valence-corrected chi connectivity index (χ0v) is 19.7. The van der Waals surface area contributed by atoms with Crippen LogP contribution in [-0.4, -0.2) is 35.5 Å². The lowest BCUT2D eigenvalue weighted by Crippen LogP contribution is -2.46. The molecule has 2 N–H and O–H groups in total. The van der Waals surface area contributed by atoms with Gasteiger partial charge in [0.1, 0.15) is 0 Å². The number of nitrogens with one attached hydrogen (secondary N) is 2. The summed E-state index contributed by atoms with van der Waals surface area (Å²) >= 11 is 5.43. The molecule has 2 aromatic carbocycles. The number of amides is 1. The molecule has 6 nitrogen and oxygen atoms in total. The first-order valence-electron chi connectivity index (χ1n) is 10.7. The van der Waals surface area contributed by atoms with Crippen LogP contribution in [0, 0.1) is 0 Å². The molecule has 7 heteroatoms. The van der Waals surface area contributed by atoms with Gasteiger partial charge in [-0.15, -0.1) is 0 Å². The normalized spacial score (nSPS) is 16.9. The second-order valence-corrected chi connectivity index (χ2v) is 8.03. The van der Waals surface area contributed by atoms with E-state index < -0.39 is 6.04 Å². The van der Waals surface area contributed by atoms with Crippen molar-refractivity contribution in [2.24, 2.45) is 0 Å². The number of ether oxygens (including phenoxy) is 1. The molecule has 0 saturated carbocycles. The van der Waals surface area contributed by atoms with Gasteiger partial charge in [-0.3, -0.25) is 4.79 Å². The highest BCUT2D eigenvalue weighted by Crippen LogP contribution is 2.31. The summed E-state index contributed by atoms with van der Waals surface area (Å²) in [6.45, 7) is 5.93. The third-order valence-corrected chi connectivity index (χ3v) is 6.08. The Kier molecular flexibility index (Phi) is 7.64. The number of thiocarbonyl (C=S) groups is 1. The summed E-state index contributed by atoms with van der Waals surface area (Å²) in [5.74, 6) is -0.638. The minimum absolute atomic E-state index is 0.0482. The minimum Gasteiger partial charge on any atom is -0.463 e. The summed E-state index contributed by atoms with van der Waals surface area (Å²) in [5.41, 5.74) is 3.82. The fraction of sp³-hybridized carbons (Fsp3) is 0.320. The van der Waals surface area contributed by atoms with Crippen molar-refractivity contribution in [3.63, 3.8) is 0 Å². The van der Waals surface area contributed by atoms with Crippen LogP contribution in [0.2, 0.25) is 0 Å². The Labute approximate surface area is 194 Å². The number of anilines is 1. The average Bonchev–Trinajstić information content (AvgIpc) is 2.79. The van der Waals surface area contributed by atoms with Gasteiger partial charge in [0.15, 0.2) is 5.11 Å². The SMILES string of the molecule is CCOC(=O)C1=C(C)N(C)C(=S)NC1c1ccc(NC(=O)C(CC)c2ccccc2)cc1. The van der Waals surface area contributed by atoms with Crippen LogP contribution < -0.4 is 10.6 Å². The topological polar surface area (TPSA) is 70.7 Å². The molecular weight excluding hydrogens is 422 g/mol. The number of hydrogen-bond acceptors (Lipinski definition) is 4. The number of rotatable bonds is 7.